The second-order valence-corrected chi connectivity index (χ2v) is 3.64. The molecular weight excluding hydrogens is 174 g/mol. The lowest BCUT2D eigenvalue weighted by molar-refractivity contribution is -0.131. The van der Waals surface area contributed by atoms with E-state index in [0.717, 1.165) is 13.0 Å². The van der Waals surface area contributed by atoms with Crippen molar-refractivity contribution in [2.45, 2.75) is 38.6 Å². The molecule has 1 fully saturated rings. The first kappa shape index (κ1) is 9.85. The lowest BCUT2D eigenvalue weighted by Crippen LogP contribution is -2.34. The van der Waals surface area contributed by atoms with E-state index in [-0.39, 0.29) is 5.91 Å². The summed E-state index contributed by atoms with van der Waals surface area (Å²) < 4.78 is 0. The molecule has 12 heavy (non-hydrogen) atoms. The maximum Gasteiger partial charge on any atom is 0.222 e. The summed E-state index contributed by atoms with van der Waals surface area (Å²) in [7, 11) is 0. The third-order valence-electron chi connectivity index (χ3n) is 2.10. The van der Waals surface area contributed by atoms with Crippen molar-refractivity contribution in [3.63, 3.8) is 0 Å². The number of hydrogen-bond donors (Lipinski definition) is 0. The minimum Gasteiger partial charge on any atom is -0.339 e. The van der Waals surface area contributed by atoms with Crippen molar-refractivity contribution in [1.82, 2.24) is 4.90 Å². The molecule has 0 unspecified atom stereocenters. The molecule has 0 atom stereocenters. The lowest BCUT2D eigenvalue weighted by Gasteiger charge is -2.20. The molecule has 1 amide bonds. The van der Waals surface area contributed by atoms with Crippen molar-refractivity contribution < 1.29 is 4.79 Å². The van der Waals surface area contributed by atoms with E-state index in [2.05, 4.69) is 0 Å². The van der Waals surface area contributed by atoms with E-state index >= 15 is 0 Å². The summed E-state index contributed by atoms with van der Waals surface area (Å²) in [4.78, 5) is 13.4. The molecule has 0 spiro atoms. The topological polar surface area (TPSA) is 20.3 Å². The van der Waals surface area contributed by atoms with Crippen LogP contribution in [0.3, 0.4) is 0 Å². The van der Waals surface area contributed by atoms with Crippen LogP contribution in [0.25, 0.3) is 0 Å². The molecule has 1 saturated carbocycles. The summed E-state index contributed by atoms with van der Waals surface area (Å²) >= 11 is 5.62. The standard InChI is InChI=1S/C9H16ClNO/c1-2-3-9(12)11(7-6-10)8-4-5-8/h8H,2-7H2,1H3. The number of alkyl halides is 1. The van der Waals surface area contributed by atoms with Gasteiger partial charge in [0.2, 0.25) is 5.91 Å². The van der Waals surface area contributed by atoms with Crippen LogP contribution >= 0.6 is 11.6 Å². The molecular formula is C9H16ClNO. The molecule has 70 valence electrons. The van der Waals surface area contributed by atoms with Gasteiger partial charge in [-0.15, -0.1) is 11.6 Å². The molecule has 1 aliphatic carbocycles. The number of halogens is 1. The minimum atomic E-state index is 0.278. The highest BCUT2D eigenvalue weighted by Crippen LogP contribution is 2.27. The molecule has 0 aliphatic heterocycles. The van der Waals surface area contributed by atoms with Gasteiger partial charge in [-0.2, -0.15) is 0 Å². The first-order chi connectivity index (χ1) is 5.79. The van der Waals surface area contributed by atoms with Crippen molar-refractivity contribution >= 4 is 17.5 Å². The Balaban J connectivity index is 2.34. The molecule has 0 saturated heterocycles. The van der Waals surface area contributed by atoms with E-state index in [1.54, 1.807) is 0 Å². The Kier molecular flexibility index (Phi) is 3.86. The predicted octanol–water partition coefficient (Wildman–Crippen LogP) is 2.02. The molecule has 0 aromatic heterocycles. The monoisotopic (exact) mass is 189 g/mol. The van der Waals surface area contributed by atoms with Crippen LogP contribution in [0, 0.1) is 0 Å². The van der Waals surface area contributed by atoms with E-state index < -0.39 is 0 Å². The van der Waals surface area contributed by atoms with Crippen LogP contribution in [0.15, 0.2) is 0 Å². The van der Waals surface area contributed by atoms with Gasteiger partial charge in [-0.1, -0.05) is 6.92 Å². The van der Waals surface area contributed by atoms with Crippen LogP contribution in [0.5, 0.6) is 0 Å². The molecule has 0 bridgehead atoms. The van der Waals surface area contributed by atoms with E-state index in [1.807, 2.05) is 11.8 Å². The Morgan fingerprint density at radius 3 is 2.67 bits per heavy atom. The Bertz CT molecular complexity index is 157. The SMILES string of the molecule is CCCC(=O)N(CCCl)C1CC1. The van der Waals surface area contributed by atoms with Gasteiger partial charge in [-0.25, -0.2) is 0 Å². The Morgan fingerprint density at radius 2 is 2.25 bits per heavy atom. The molecule has 0 radical (unpaired) electrons. The number of carbonyl (C=O) groups is 1. The molecule has 0 aromatic rings. The third kappa shape index (κ3) is 2.67. The Labute approximate surface area is 78.9 Å². The molecule has 3 heteroatoms. The summed E-state index contributed by atoms with van der Waals surface area (Å²) in [5.41, 5.74) is 0. The number of amides is 1. The van der Waals surface area contributed by atoms with Crippen LogP contribution in [-0.2, 0) is 4.79 Å². The van der Waals surface area contributed by atoms with Gasteiger partial charge in [0.05, 0.1) is 0 Å². The number of nitrogens with zero attached hydrogens (tertiary/aromatic N) is 1. The highest BCUT2D eigenvalue weighted by atomic mass is 35.5. The third-order valence-corrected chi connectivity index (χ3v) is 2.27. The molecule has 0 heterocycles. The van der Waals surface area contributed by atoms with Gasteiger partial charge in [-0.3, -0.25) is 4.79 Å². The van der Waals surface area contributed by atoms with Gasteiger partial charge in [0.1, 0.15) is 0 Å². The smallest absolute Gasteiger partial charge is 0.222 e. The summed E-state index contributed by atoms with van der Waals surface area (Å²) in [6.07, 6.45) is 3.95. The maximum atomic E-state index is 11.5. The van der Waals surface area contributed by atoms with Crippen molar-refractivity contribution in [3.8, 4) is 0 Å². The van der Waals surface area contributed by atoms with Gasteiger partial charge in [0.25, 0.3) is 0 Å². The second-order valence-electron chi connectivity index (χ2n) is 3.26. The number of carbonyl (C=O) groups excluding carboxylic acids is 1. The van der Waals surface area contributed by atoms with E-state index in [0.29, 0.717) is 18.3 Å². The van der Waals surface area contributed by atoms with Crippen LogP contribution < -0.4 is 0 Å². The van der Waals surface area contributed by atoms with Crippen molar-refractivity contribution in [2.75, 3.05) is 12.4 Å². The second kappa shape index (κ2) is 4.70. The lowest BCUT2D eigenvalue weighted by atomic mass is 10.3. The van der Waals surface area contributed by atoms with Crippen molar-refractivity contribution in [3.05, 3.63) is 0 Å². The average Bonchev–Trinajstić information content (AvgIpc) is 2.83. The zero-order valence-corrected chi connectivity index (χ0v) is 8.31. The molecule has 0 aromatic carbocycles. The average molecular weight is 190 g/mol. The first-order valence-corrected chi connectivity index (χ1v) is 5.18. The zero-order valence-electron chi connectivity index (χ0n) is 7.55. The van der Waals surface area contributed by atoms with Crippen molar-refractivity contribution in [1.29, 1.82) is 0 Å². The molecule has 1 aliphatic rings. The van der Waals surface area contributed by atoms with Gasteiger partial charge < -0.3 is 4.90 Å². The first-order valence-electron chi connectivity index (χ1n) is 4.65. The highest BCUT2D eigenvalue weighted by molar-refractivity contribution is 6.18. The Morgan fingerprint density at radius 1 is 1.58 bits per heavy atom. The van der Waals surface area contributed by atoms with E-state index in [9.17, 15) is 4.79 Å². The predicted molar refractivity (Wildman–Crippen MR) is 50.4 cm³/mol. The van der Waals surface area contributed by atoms with Crippen molar-refractivity contribution in [2.24, 2.45) is 0 Å². The van der Waals surface area contributed by atoms with Gasteiger partial charge in [0.15, 0.2) is 0 Å². The molecule has 1 rings (SSSR count). The van der Waals surface area contributed by atoms with E-state index in [4.69, 9.17) is 11.6 Å². The Hall–Kier alpha value is -0.240. The van der Waals surface area contributed by atoms with Gasteiger partial charge >= 0.3 is 0 Å². The summed E-state index contributed by atoms with van der Waals surface area (Å²) in [5.74, 6) is 0.840. The largest absolute Gasteiger partial charge is 0.339 e. The van der Waals surface area contributed by atoms with Crippen LogP contribution in [0.1, 0.15) is 32.6 Å². The summed E-state index contributed by atoms with van der Waals surface area (Å²) in [6, 6.07) is 0.516. The van der Waals surface area contributed by atoms with Crippen LogP contribution in [0.2, 0.25) is 0 Å². The quantitative estimate of drug-likeness (QED) is 0.606. The number of rotatable bonds is 5. The fraction of sp³-hybridized carbons (Fsp3) is 0.889. The summed E-state index contributed by atoms with van der Waals surface area (Å²) in [6.45, 7) is 2.76. The minimum absolute atomic E-state index is 0.278. The molecule has 0 N–H and O–H groups in total. The van der Waals surface area contributed by atoms with E-state index in [1.165, 1.54) is 12.8 Å². The fourth-order valence-corrected chi connectivity index (χ4v) is 1.53. The zero-order chi connectivity index (χ0) is 8.97. The normalized spacial score (nSPS) is 16.2. The number of hydrogen-bond acceptors (Lipinski definition) is 1. The maximum absolute atomic E-state index is 11.5. The fourth-order valence-electron chi connectivity index (χ4n) is 1.35. The van der Waals surface area contributed by atoms with Gasteiger partial charge in [-0.05, 0) is 19.3 Å². The highest BCUT2D eigenvalue weighted by Gasteiger charge is 2.31. The molecule has 2 nitrogen and oxygen atoms in total. The van der Waals surface area contributed by atoms with Crippen LogP contribution in [0.4, 0.5) is 0 Å². The van der Waals surface area contributed by atoms with Crippen LogP contribution in [-0.4, -0.2) is 29.3 Å². The van der Waals surface area contributed by atoms with Gasteiger partial charge in [0, 0.05) is 24.9 Å². The summed E-state index contributed by atoms with van der Waals surface area (Å²) in [5, 5.41) is 0.